The number of carbonyl (C=O) groups excluding carboxylic acids is 1. The standard InChI is InChI=1S/C15H28OSi/c1-7-8-17(5,6)12-15(4)10-13(16)9-14(2,3)11-15/h7H,1,8-12H2,2-6H3. The second-order valence-corrected chi connectivity index (χ2v) is 13.0. The highest BCUT2D eigenvalue weighted by Crippen LogP contribution is 2.49. The molecule has 98 valence electrons. The summed E-state index contributed by atoms with van der Waals surface area (Å²) in [6.07, 6.45) is 4.82. The van der Waals surface area contributed by atoms with Gasteiger partial charge in [-0.3, -0.25) is 4.79 Å². The van der Waals surface area contributed by atoms with Crippen molar-refractivity contribution in [2.24, 2.45) is 10.8 Å². The van der Waals surface area contributed by atoms with E-state index in [4.69, 9.17) is 0 Å². The third kappa shape index (κ3) is 4.42. The molecule has 1 saturated carbocycles. The van der Waals surface area contributed by atoms with Crippen molar-refractivity contribution in [2.45, 2.75) is 65.2 Å². The Morgan fingerprint density at radius 1 is 1.29 bits per heavy atom. The van der Waals surface area contributed by atoms with E-state index in [9.17, 15) is 4.79 Å². The van der Waals surface area contributed by atoms with Crippen molar-refractivity contribution >= 4 is 13.9 Å². The van der Waals surface area contributed by atoms with E-state index in [2.05, 4.69) is 46.5 Å². The zero-order valence-corrected chi connectivity index (χ0v) is 13.2. The maximum atomic E-state index is 11.9. The van der Waals surface area contributed by atoms with Gasteiger partial charge in [0.25, 0.3) is 0 Å². The van der Waals surface area contributed by atoms with Gasteiger partial charge < -0.3 is 0 Å². The van der Waals surface area contributed by atoms with Gasteiger partial charge in [-0.15, -0.1) is 6.58 Å². The highest BCUT2D eigenvalue weighted by atomic mass is 28.3. The van der Waals surface area contributed by atoms with Crippen LogP contribution in [0.1, 0.15) is 40.0 Å². The lowest BCUT2D eigenvalue weighted by Gasteiger charge is -2.45. The third-order valence-corrected chi connectivity index (χ3v) is 7.01. The molecule has 0 saturated heterocycles. The van der Waals surface area contributed by atoms with Crippen LogP contribution in [0.5, 0.6) is 0 Å². The summed E-state index contributed by atoms with van der Waals surface area (Å²) in [5.74, 6) is 0.465. The van der Waals surface area contributed by atoms with Crippen molar-refractivity contribution in [3.8, 4) is 0 Å². The molecule has 0 aromatic rings. The summed E-state index contributed by atoms with van der Waals surface area (Å²) in [5.41, 5.74) is 0.431. The van der Waals surface area contributed by atoms with Crippen LogP contribution in [-0.4, -0.2) is 13.9 Å². The van der Waals surface area contributed by atoms with Crippen LogP contribution >= 0.6 is 0 Å². The lowest BCUT2D eigenvalue weighted by molar-refractivity contribution is -0.127. The molecule has 0 heterocycles. The molecular formula is C15H28OSi. The summed E-state index contributed by atoms with van der Waals surface area (Å²) in [7, 11) is -1.23. The molecular weight excluding hydrogens is 224 g/mol. The molecule has 0 aliphatic heterocycles. The first-order chi connectivity index (χ1) is 7.58. The zero-order valence-electron chi connectivity index (χ0n) is 12.2. The normalized spacial score (nSPS) is 29.1. The molecule has 0 bridgehead atoms. The van der Waals surface area contributed by atoms with Gasteiger partial charge in [-0.25, -0.2) is 0 Å². The van der Waals surface area contributed by atoms with E-state index < -0.39 is 8.07 Å². The quantitative estimate of drug-likeness (QED) is 0.525. The summed E-state index contributed by atoms with van der Waals surface area (Å²) >= 11 is 0. The van der Waals surface area contributed by atoms with Crippen LogP contribution in [0.4, 0.5) is 0 Å². The van der Waals surface area contributed by atoms with E-state index in [0.29, 0.717) is 5.78 Å². The SMILES string of the molecule is C=CC[Si](C)(C)CC1(C)CC(=O)CC(C)(C)C1. The minimum atomic E-state index is -1.23. The Bertz CT molecular complexity index is 317. The Labute approximate surface area is 108 Å². The van der Waals surface area contributed by atoms with Crippen LogP contribution in [0.2, 0.25) is 25.2 Å². The third-order valence-electron chi connectivity index (χ3n) is 3.81. The highest BCUT2D eigenvalue weighted by molar-refractivity contribution is 6.77. The maximum Gasteiger partial charge on any atom is 0.133 e. The molecule has 1 atom stereocenters. The van der Waals surface area contributed by atoms with Crippen molar-refractivity contribution in [1.82, 2.24) is 0 Å². The van der Waals surface area contributed by atoms with Crippen molar-refractivity contribution in [2.75, 3.05) is 0 Å². The average molecular weight is 252 g/mol. The summed E-state index contributed by atoms with van der Waals surface area (Å²) in [6, 6.07) is 2.42. The predicted molar refractivity (Wildman–Crippen MR) is 78.0 cm³/mol. The van der Waals surface area contributed by atoms with Crippen molar-refractivity contribution in [3.05, 3.63) is 12.7 Å². The van der Waals surface area contributed by atoms with Crippen LogP contribution in [0, 0.1) is 10.8 Å². The number of rotatable bonds is 4. The molecule has 1 unspecified atom stereocenters. The van der Waals surface area contributed by atoms with Gasteiger partial charge in [-0.2, -0.15) is 0 Å². The Hall–Kier alpha value is -0.373. The van der Waals surface area contributed by atoms with Crippen molar-refractivity contribution < 1.29 is 4.79 Å². The second-order valence-electron chi connectivity index (χ2n) is 7.88. The molecule has 1 rings (SSSR count). The summed E-state index contributed by atoms with van der Waals surface area (Å²) < 4.78 is 0. The molecule has 1 aliphatic carbocycles. The van der Waals surface area contributed by atoms with Crippen LogP contribution in [0.25, 0.3) is 0 Å². The largest absolute Gasteiger partial charge is 0.300 e. The molecule has 0 N–H and O–H groups in total. The first-order valence-corrected chi connectivity index (χ1v) is 10.1. The fraction of sp³-hybridized carbons (Fsp3) is 0.800. The number of ketones is 1. The Balaban J connectivity index is 2.80. The number of hydrogen-bond acceptors (Lipinski definition) is 1. The lowest BCUT2D eigenvalue weighted by atomic mass is 9.65. The maximum absolute atomic E-state index is 11.9. The highest BCUT2D eigenvalue weighted by Gasteiger charge is 2.43. The number of allylic oxidation sites excluding steroid dienone is 1. The summed E-state index contributed by atoms with van der Waals surface area (Å²) in [6.45, 7) is 15.5. The molecule has 0 amide bonds. The molecule has 1 aliphatic rings. The Morgan fingerprint density at radius 3 is 2.35 bits per heavy atom. The van der Waals surface area contributed by atoms with Crippen LogP contribution in [-0.2, 0) is 4.79 Å². The van der Waals surface area contributed by atoms with Gasteiger partial charge in [-0.05, 0) is 23.3 Å². The first kappa shape index (κ1) is 14.7. The van der Waals surface area contributed by atoms with Gasteiger partial charge in [0.1, 0.15) is 5.78 Å². The molecule has 0 aromatic heterocycles. The summed E-state index contributed by atoms with van der Waals surface area (Å²) in [5, 5.41) is 0. The van der Waals surface area contributed by atoms with Gasteiger partial charge in [0.2, 0.25) is 0 Å². The summed E-state index contributed by atoms with van der Waals surface area (Å²) in [4.78, 5) is 11.9. The van der Waals surface area contributed by atoms with Crippen LogP contribution in [0.15, 0.2) is 12.7 Å². The van der Waals surface area contributed by atoms with E-state index >= 15 is 0 Å². The number of hydrogen-bond donors (Lipinski definition) is 0. The van der Waals surface area contributed by atoms with E-state index in [1.165, 1.54) is 12.5 Å². The molecule has 17 heavy (non-hydrogen) atoms. The van der Waals surface area contributed by atoms with Gasteiger partial charge in [0.15, 0.2) is 0 Å². The van der Waals surface area contributed by atoms with Crippen molar-refractivity contribution in [1.29, 1.82) is 0 Å². The molecule has 0 aromatic carbocycles. The van der Waals surface area contributed by atoms with Gasteiger partial charge in [0, 0.05) is 12.8 Å². The number of Topliss-reactive ketones (excluding diaryl/α,β-unsaturated/α-hetero) is 1. The molecule has 1 fully saturated rings. The second kappa shape index (κ2) is 4.72. The van der Waals surface area contributed by atoms with E-state index in [-0.39, 0.29) is 10.8 Å². The fourth-order valence-electron chi connectivity index (χ4n) is 4.10. The van der Waals surface area contributed by atoms with Crippen LogP contribution in [0.3, 0.4) is 0 Å². The molecule has 2 heteroatoms. The predicted octanol–water partition coefficient (Wildman–Crippen LogP) is 4.67. The smallest absolute Gasteiger partial charge is 0.133 e. The van der Waals surface area contributed by atoms with Crippen LogP contribution < -0.4 is 0 Å². The van der Waals surface area contributed by atoms with Gasteiger partial charge in [0.05, 0.1) is 8.07 Å². The first-order valence-electron chi connectivity index (χ1n) is 6.70. The lowest BCUT2D eigenvalue weighted by Crippen LogP contribution is -2.41. The monoisotopic (exact) mass is 252 g/mol. The average Bonchev–Trinajstić information content (AvgIpc) is 1.93. The minimum Gasteiger partial charge on any atom is -0.300 e. The minimum absolute atomic E-state index is 0.197. The van der Waals surface area contributed by atoms with E-state index in [1.807, 2.05) is 0 Å². The Morgan fingerprint density at radius 2 is 1.88 bits per heavy atom. The van der Waals surface area contributed by atoms with E-state index in [0.717, 1.165) is 18.9 Å². The molecule has 0 radical (unpaired) electrons. The molecule has 1 nitrogen and oxygen atoms in total. The zero-order chi connectivity index (χ0) is 13.3. The van der Waals surface area contributed by atoms with Gasteiger partial charge >= 0.3 is 0 Å². The fourth-order valence-corrected chi connectivity index (χ4v) is 7.58. The Kier molecular flexibility index (Phi) is 4.07. The topological polar surface area (TPSA) is 17.1 Å². The van der Waals surface area contributed by atoms with E-state index in [1.54, 1.807) is 0 Å². The number of carbonyl (C=O) groups is 1. The molecule has 0 spiro atoms. The van der Waals surface area contributed by atoms with Gasteiger partial charge in [-0.1, -0.05) is 46.0 Å². The van der Waals surface area contributed by atoms with Crippen molar-refractivity contribution in [3.63, 3.8) is 0 Å².